The van der Waals surface area contributed by atoms with Crippen LogP contribution >= 0.6 is 0 Å². The Morgan fingerprint density at radius 3 is 1.35 bits per heavy atom. The molecule has 0 aliphatic carbocycles. The minimum absolute atomic E-state index is 0.319. The Balaban J connectivity index is 1.72. The van der Waals surface area contributed by atoms with Crippen molar-refractivity contribution in [3.63, 3.8) is 0 Å². The van der Waals surface area contributed by atoms with Crippen LogP contribution in [0.3, 0.4) is 0 Å². The van der Waals surface area contributed by atoms with E-state index < -0.39 is 165 Å². The number of methoxy groups -OCH3 is 7. The van der Waals surface area contributed by atoms with Gasteiger partial charge >= 0.3 is 35.8 Å². The van der Waals surface area contributed by atoms with Crippen LogP contribution in [0.4, 0.5) is 0 Å². The number of ether oxygens (including phenoxy) is 18. The van der Waals surface area contributed by atoms with Crippen molar-refractivity contribution in [2.24, 2.45) is 11.8 Å². The number of hydrogen-bond donors (Lipinski definition) is 1. The first-order chi connectivity index (χ1) is 31.3. The smallest absolute Gasteiger partial charge is 0.337 e. The first kappa shape index (κ1) is 54.9. The molecule has 66 heavy (non-hydrogen) atoms. The van der Waals surface area contributed by atoms with Gasteiger partial charge in [0.2, 0.25) is 0 Å². The standard InChI is InChI=1S/C41H64O25/c1-16-25(22(14-56-18(3)42)61-39(55-13)27(16)59-21(6)45)62-41-35(52-10)31(50-8)32(33(66-41)37(48)54-12)65-38-17(2)26(58-20(5)44)28(23(60-38)15-57-19(4)43)63-40-34(51-9)29(49-7)24(46)30(64-40)36(47)53-11/h16-17,22-35,38-41,46H,14-15H2,1-13H3/t16-,17?,22?,23-,24-,25-,26?,27?,28+,29+,30?,31?,32-,33+,34?,35?,38+,39+,40+,41-/m0/s1. The fraction of sp³-hybridized carbons (Fsp3) is 0.854. The lowest BCUT2D eigenvalue weighted by atomic mass is 9.89. The molecule has 0 spiro atoms. The zero-order valence-electron chi connectivity index (χ0n) is 39.2. The van der Waals surface area contributed by atoms with E-state index in [1.807, 2.05) is 0 Å². The van der Waals surface area contributed by atoms with Gasteiger partial charge in [0.15, 0.2) is 43.5 Å². The molecule has 4 aliphatic heterocycles. The average Bonchev–Trinajstić information content (AvgIpc) is 3.27. The minimum Gasteiger partial charge on any atom is -0.467 e. The molecule has 0 aromatic carbocycles. The van der Waals surface area contributed by atoms with E-state index in [9.17, 15) is 33.9 Å². The van der Waals surface area contributed by atoms with Crippen molar-refractivity contribution < 1.29 is 119 Å². The Hall–Kier alpha value is -3.70. The van der Waals surface area contributed by atoms with Crippen LogP contribution in [0.5, 0.6) is 0 Å². The van der Waals surface area contributed by atoms with Crippen molar-refractivity contribution in [3.05, 3.63) is 0 Å². The maximum absolute atomic E-state index is 13.7. The van der Waals surface area contributed by atoms with E-state index in [1.54, 1.807) is 13.8 Å². The predicted molar refractivity (Wildman–Crippen MR) is 212 cm³/mol. The molecule has 8 unspecified atom stereocenters. The highest BCUT2D eigenvalue weighted by Crippen LogP contribution is 2.40. The number of aliphatic hydroxyl groups is 1. The van der Waals surface area contributed by atoms with Crippen molar-refractivity contribution in [1.29, 1.82) is 0 Å². The molecular weight excluding hydrogens is 892 g/mol. The minimum atomic E-state index is -1.66. The molecule has 25 nitrogen and oxygen atoms in total. The van der Waals surface area contributed by atoms with Crippen LogP contribution in [0.2, 0.25) is 0 Å². The SMILES string of the molecule is COC(=O)C1O[C@@H](O[C@H]2C(OC(C)=O)C(C)[C@@H](O[C@H]3C(OC)C(OC)[C@@H](O[C@@H]4C(COC(C)=O)O[C@@H](OC)C(OC(C)=O)[C@H]4C)O[C@H]3C(=O)OC)O[C@H]2COC(C)=O)C(OC)[C@H](OC)[C@@H]1O. The molecular formula is C41H64O25. The monoisotopic (exact) mass is 956 g/mol. The predicted octanol–water partition coefficient (Wildman–Crippen LogP) is -1.28. The number of carbonyl (C=O) groups is 6. The summed E-state index contributed by atoms with van der Waals surface area (Å²) in [6, 6.07) is 0. The second-order valence-electron chi connectivity index (χ2n) is 15.8. The van der Waals surface area contributed by atoms with E-state index in [0.717, 1.165) is 28.1 Å². The summed E-state index contributed by atoms with van der Waals surface area (Å²) in [5.41, 5.74) is 0. The largest absolute Gasteiger partial charge is 0.467 e. The number of hydrogen-bond acceptors (Lipinski definition) is 25. The third-order valence-electron chi connectivity index (χ3n) is 11.5. The second kappa shape index (κ2) is 25.1. The van der Waals surface area contributed by atoms with Gasteiger partial charge in [-0.1, -0.05) is 13.8 Å². The van der Waals surface area contributed by atoms with Crippen molar-refractivity contribution in [1.82, 2.24) is 0 Å². The van der Waals surface area contributed by atoms with Crippen LogP contribution in [0.25, 0.3) is 0 Å². The van der Waals surface area contributed by atoms with Gasteiger partial charge in [0.05, 0.1) is 20.3 Å². The summed E-state index contributed by atoms with van der Waals surface area (Å²) in [7, 11) is 8.72. The van der Waals surface area contributed by atoms with Crippen LogP contribution in [0.15, 0.2) is 0 Å². The first-order valence-electron chi connectivity index (χ1n) is 21.0. The van der Waals surface area contributed by atoms with E-state index in [2.05, 4.69) is 0 Å². The number of esters is 6. The summed E-state index contributed by atoms with van der Waals surface area (Å²) in [6.07, 6.45) is -23.8. The van der Waals surface area contributed by atoms with Gasteiger partial charge in [0.25, 0.3) is 0 Å². The summed E-state index contributed by atoms with van der Waals surface area (Å²) in [5, 5.41) is 11.0. The molecule has 25 heteroatoms. The Bertz CT molecular complexity index is 1630. The van der Waals surface area contributed by atoms with Gasteiger partial charge in [0, 0.05) is 75.1 Å². The molecule has 1 N–H and O–H groups in total. The molecule has 4 fully saturated rings. The highest BCUT2D eigenvalue weighted by molar-refractivity contribution is 5.76. The van der Waals surface area contributed by atoms with Crippen LogP contribution in [0.1, 0.15) is 41.5 Å². The molecule has 4 aliphatic rings. The Morgan fingerprint density at radius 2 is 0.864 bits per heavy atom. The molecule has 20 atom stereocenters. The lowest BCUT2D eigenvalue weighted by Gasteiger charge is -2.51. The maximum atomic E-state index is 13.7. The summed E-state index contributed by atoms with van der Waals surface area (Å²) < 4.78 is 105. The topological polar surface area (TPSA) is 289 Å². The fourth-order valence-corrected chi connectivity index (χ4v) is 8.37. The highest BCUT2D eigenvalue weighted by atomic mass is 16.8. The van der Waals surface area contributed by atoms with Gasteiger partial charge in [-0.2, -0.15) is 0 Å². The fourth-order valence-electron chi connectivity index (χ4n) is 8.37. The molecule has 0 radical (unpaired) electrons. The quantitative estimate of drug-likeness (QED) is 0.116. The van der Waals surface area contributed by atoms with E-state index in [1.165, 1.54) is 49.4 Å². The Kier molecular flexibility index (Phi) is 20.9. The van der Waals surface area contributed by atoms with Gasteiger partial charge in [-0.15, -0.1) is 0 Å². The first-order valence-corrected chi connectivity index (χ1v) is 21.0. The summed E-state index contributed by atoms with van der Waals surface area (Å²) in [4.78, 5) is 75.5. The third kappa shape index (κ3) is 12.9. The van der Waals surface area contributed by atoms with Gasteiger partial charge in [-0.05, 0) is 0 Å². The molecule has 378 valence electrons. The van der Waals surface area contributed by atoms with E-state index in [4.69, 9.17) is 85.3 Å². The van der Waals surface area contributed by atoms with Gasteiger partial charge in [0.1, 0.15) is 74.3 Å². The third-order valence-corrected chi connectivity index (χ3v) is 11.5. The molecule has 0 amide bonds. The molecule has 4 saturated heterocycles. The number of carbonyl (C=O) groups excluding carboxylic acids is 6. The van der Waals surface area contributed by atoms with Crippen molar-refractivity contribution in [3.8, 4) is 0 Å². The molecule has 0 aromatic heterocycles. The highest BCUT2D eigenvalue weighted by Gasteiger charge is 2.59. The van der Waals surface area contributed by atoms with Crippen molar-refractivity contribution in [2.75, 3.05) is 63.0 Å². The van der Waals surface area contributed by atoms with Crippen molar-refractivity contribution >= 4 is 35.8 Å². The summed E-state index contributed by atoms with van der Waals surface area (Å²) >= 11 is 0. The van der Waals surface area contributed by atoms with Gasteiger partial charge in [-0.25, -0.2) is 9.59 Å². The zero-order valence-corrected chi connectivity index (χ0v) is 39.2. The molecule has 0 saturated carbocycles. The van der Waals surface area contributed by atoms with Crippen molar-refractivity contribution in [2.45, 2.75) is 152 Å². The van der Waals surface area contributed by atoms with Crippen LogP contribution in [0, 0.1) is 11.8 Å². The number of rotatable bonds is 19. The van der Waals surface area contributed by atoms with E-state index in [-0.39, 0.29) is 6.61 Å². The van der Waals surface area contributed by atoms with Gasteiger partial charge in [-0.3, -0.25) is 19.2 Å². The lowest BCUT2D eigenvalue weighted by molar-refractivity contribution is -0.380. The van der Waals surface area contributed by atoms with Crippen LogP contribution in [-0.4, -0.2) is 215 Å². The van der Waals surface area contributed by atoms with E-state index >= 15 is 0 Å². The second-order valence-corrected chi connectivity index (χ2v) is 15.8. The molecule has 4 rings (SSSR count). The van der Waals surface area contributed by atoms with Gasteiger partial charge < -0.3 is 90.4 Å². The van der Waals surface area contributed by atoms with Crippen LogP contribution in [-0.2, 0) is 114 Å². The number of aliphatic hydroxyl groups excluding tert-OH is 1. The average molecular weight is 957 g/mol. The normalized spacial score (nSPS) is 39.2. The summed E-state index contributed by atoms with van der Waals surface area (Å²) in [6.45, 7) is 7.12. The summed E-state index contributed by atoms with van der Waals surface area (Å²) in [5.74, 6) is -6.39. The lowest BCUT2D eigenvalue weighted by Crippen LogP contribution is -2.67. The molecule has 4 heterocycles. The molecule has 0 bridgehead atoms. The zero-order chi connectivity index (χ0) is 49.2. The Morgan fingerprint density at radius 1 is 0.424 bits per heavy atom. The Labute approximate surface area is 381 Å². The van der Waals surface area contributed by atoms with E-state index in [0.29, 0.717) is 0 Å². The maximum Gasteiger partial charge on any atom is 0.337 e. The molecule has 0 aromatic rings. The van der Waals surface area contributed by atoms with Crippen LogP contribution < -0.4 is 0 Å².